The highest BCUT2D eigenvalue weighted by Gasteiger charge is 2.24. The molecule has 1 atom stereocenters. The number of fused-ring (bicyclic) bond motifs is 3. The lowest BCUT2D eigenvalue weighted by Gasteiger charge is -2.30. The summed E-state index contributed by atoms with van der Waals surface area (Å²) in [5, 5.41) is 5.12. The average molecular weight is 303 g/mol. The summed E-state index contributed by atoms with van der Waals surface area (Å²) in [7, 11) is 2.12. The summed E-state index contributed by atoms with van der Waals surface area (Å²) < 4.78 is 0. The fraction of sp³-hybridized carbons (Fsp3) is 0.250. The van der Waals surface area contributed by atoms with Gasteiger partial charge in [0.25, 0.3) is 0 Å². The van der Waals surface area contributed by atoms with Crippen molar-refractivity contribution in [3.63, 3.8) is 0 Å². The SMILES string of the molecule is Cc1cc(C)c2c(ccc3cnccc32)c1N1C=CN(C)[C@@H]1C. The second-order valence-electron chi connectivity index (χ2n) is 6.45. The van der Waals surface area contributed by atoms with Crippen LogP contribution in [-0.2, 0) is 0 Å². The Bertz CT molecular complexity index is 942. The van der Waals surface area contributed by atoms with Gasteiger partial charge in [0.05, 0.1) is 5.69 Å². The van der Waals surface area contributed by atoms with E-state index in [1.165, 1.54) is 38.4 Å². The quantitative estimate of drug-likeness (QED) is 0.614. The van der Waals surface area contributed by atoms with Gasteiger partial charge in [-0.3, -0.25) is 4.98 Å². The number of hydrogen-bond donors (Lipinski definition) is 0. The zero-order chi connectivity index (χ0) is 16.1. The zero-order valence-electron chi connectivity index (χ0n) is 14.0. The first-order valence-corrected chi connectivity index (χ1v) is 8.03. The van der Waals surface area contributed by atoms with Crippen LogP contribution < -0.4 is 4.90 Å². The molecule has 3 heteroatoms. The molecule has 2 heterocycles. The zero-order valence-corrected chi connectivity index (χ0v) is 14.0. The van der Waals surface area contributed by atoms with E-state index >= 15 is 0 Å². The molecular weight excluding hydrogens is 282 g/mol. The molecule has 0 unspecified atom stereocenters. The lowest BCUT2D eigenvalue weighted by Crippen LogP contribution is -2.33. The number of hydrogen-bond acceptors (Lipinski definition) is 3. The molecular formula is C20H21N3. The van der Waals surface area contributed by atoms with Gasteiger partial charge in [0, 0.05) is 42.6 Å². The Balaban J connectivity index is 2.09. The Morgan fingerprint density at radius 3 is 2.57 bits per heavy atom. The molecule has 0 fully saturated rings. The van der Waals surface area contributed by atoms with Crippen LogP contribution in [0.2, 0.25) is 0 Å². The third-order valence-electron chi connectivity index (χ3n) is 4.99. The van der Waals surface area contributed by atoms with Gasteiger partial charge < -0.3 is 9.80 Å². The molecule has 116 valence electrons. The van der Waals surface area contributed by atoms with Crippen LogP contribution in [0, 0.1) is 13.8 Å². The summed E-state index contributed by atoms with van der Waals surface area (Å²) in [6, 6.07) is 8.85. The standard InChI is InChI=1S/C20H21N3/c1-13-11-14(2)20(23-10-9-22(4)15(23)3)18-6-5-16-12-21-8-7-17(16)19(13)18/h5-12,15H,1-4H3/t15-/m0/s1. The van der Waals surface area contributed by atoms with E-state index in [1.54, 1.807) is 0 Å². The van der Waals surface area contributed by atoms with Crippen molar-refractivity contribution in [3.05, 3.63) is 60.2 Å². The molecule has 0 saturated heterocycles. The minimum Gasteiger partial charge on any atom is -0.359 e. The van der Waals surface area contributed by atoms with Gasteiger partial charge in [-0.15, -0.1) is 0 Å². The van der Waals surface area contributed by atoms with Crippen LogP contribution in [0.4, 0.5) is 5.69 Å². The molecule has 3 aromatic rings. The first-order chi connectivity index (χ1) is 11.1. The number of rotatable bonds is 1. The molecule has 1 aliphatic rings. The number of aromatic nitrogens is 1. The van der Waals surface area contributed by atoms with Gasteiger partial charge in [-0.1, -0.05) is 18.2 Å². The lowest BCUT2D eigenvalue weighted by atomic mass is 9.95. The van der Waals surface area contributed by atoms with Crippen molar-refractivity contribution in [1.29, 1.82) is 0 Å². The van der Waals surface area contributed by atoms with Crippen molar-refractivity contribution in [2.75, 3.05) is 11.9 Å². The third kappa shape index (κ3) is 2.00. The molecule has 0 N–H and O–H groups in total. The van der Waals surface area contributed by atoms with Crippen LogP contribution in [0.3, 0.4) is 0 Å². The second kappa shape index (κ2) is 4.98. The van der Waals surface area contributed by atoms with E-state index in [0.717, 1.165) is 0 Å². The molecule has 1 aromatic heterocycles. The van der Waals surface area contributed by atoms with Crippen molar-refractivity contribution >= 4 is 27.2 Å². The van der Waals surface area contributed by atoms with Crippen LogP contribution in [0.5, 0.6) is 0 Å². The van der Waals surface area contributed by atoms with Crippen molar-refractivity contribution in [1.82, 2.24) is 9.88 Å². The maximum atomic E-state index is 4.26. The highest BCUT2D eigenvalue weighted by Crippen LogP contribution is 2.39. The monoisotopic (exact) mass is 303 g/mol. The molecule has 2 aromatic carbocycles. The summed E-state index contributed by atoms with van der Waals surface area (Å²) in [4.78, 5) is 8.86. The van der Waals surface area contributed by atoms with Crippen LogP contribution in [0.1, 0.15) is 18.1 Å². The van der Waals surface area contributed by atoms with E-state index in [4.69, 9.17) is 0 Å². The normalized spacial score (nSPS) is 17.7. The van der Waals surface area contributed by atoms with Gasteiger partial charge in [0.15, 0.2) is 0 Å². The van der Waals surface area contributed by atoms with Crippen molar-refractivity contribution in [3.8, 4) is 0 Å². The van der Waals surface area contributed by atoms with Gasteiger partial charge in [0.2, 0.25) is 0 Å². The average Bonchev–Trinajstić information content (AvgIpc) is 2.86. The Labute approximate surface area is 136 Å². The van der Waals surface area contributed by atoms with Crippen LogP contribution >= 0.6 is 0 Å². The van der Waals surface area contributed by atoms with Crippen LogP contribution in [-0.4, -0.2) is 23.1 Å². The molecule has 0 aliphatic carbocycles. The maximum Gasteiger partial charge on any atom is 0.102 e. The van der Waals surface area contributed by atoms with Gasteiger partial charge in [-0.25, -0.2) is 0 Å². The first kappa shape index (κ1) is 14.1. The lowest BCUT2D eigenvalue weighted by molar-refractivity contribution is 0.383. The van der Waals surface area contributed by atoms with E-state index in [-0.39, 0.29) is 0 Å². The van der Waals surface area contributed by atoms with Gasteiger partial charge in [-0.2, -0.15) is 0 Å². The predicted octanol–water partition coefficient (Wildman–Crippen LogP) is 4.57. The van der Waals surface area contributed by atoms with Gasteiger partial charge in [-0.05, 0) is 48.7 Å². The second-order valence-corrected chi connectivity index (χ2v) is 6.45. The molecule has 0 saturated carbocycles. The van der Waals surface area contributed by atoms with E-state index in [1.807, 2.05) is 12.4 Å². The smallest absolute Gasteiger partial charge is 0.102 e. The molecule has 0 amide bonds. The predicted molar refractivity (Wildman–Crippen MR) is 97.6 cm³/mol. The van der Waals surface area contributed by atoms with Gasteiger partial charge >= 0.3 is 0 Å². The Morgan fingerprint density at radius 2 is 1.83 bits per heavy atom. The fourth-order valence-electron chi connectivity index (χ4n) is 3.69. The molecule has 1 aliphatic heterocycles. The number of pyridine rings is 1. The Hall–Kier alpha value is -2.55. The molecule has 0 bridgehead atoms. The van der Waals surface area contributed by atoms with Crippen LogP contribution in [0.25, 0.3) is 21.5 Å². The first-order valence-electron chi connectivity index (χ1n) is 8.03. The Morgan fingerprint density at radius 1 is 1.00 bits per heavy atom. The number of aryl methyl sites for hydroxylation is 2. The molecule has 0 spiro atoms. The number of anilines is 1. The van der Waals surface area contributed by atoms with Crippen molar-refractivity contribution < 1.29 is 0 Å². The highest BCUT2D eigenvalue weighted by atomic mass is 15.4. The molecule has 4 rings (SSSR count). The number of nitrogens with zero attached hydrogens (tertiary/aromatic N) is 3. The summed E-state index contributed by atoms with van der Waals surface area (Å²) in [5.41, 5.74) is 3.94. The molecule has 0 radical (unpaired) electrons. The summed E-state index contributed by atoms with van der Waals surface area (Å²) in [5.74, 6) is 0. The van der Waals surface area contributed by atoms with E-state index in [2.05, 4.69) is 79.3 Å². The van der Waals surface area contributed by atoms with Crippen molar-refractivity contribution in [2.45, 2.75) is 26.9 Å². The fourth-order valence-corrected chi connectivity index (χ4v) is 3.69. The van der Waals surface area contributed by atoms with Gasteiger partial charge in [0.1, 0.15) is 6.17 Å². The summed E-state index contributed by atoms with van der Waals surface area (Å²) >= 11 is 0. The summed E-state index contributed by atoms with van der Waals surface area (Å²) in [6.07, 6.45) is 8.47. The maximum absolute atomic E-state index is 4.26. The minimum absolute atomic E-state index is 0.327. The van der Waals surface area contributed by atoms with E-state index < -0.39 is 0 Å². The van der Waals surface area contributed by atoms with E-state index in [9.17, 15) is 0 Å². The van der Waals surface area contributed by atoms with Crippen molar-refractivity contribution in [2.24, 2.45) is 0 Å². The number of benzene rings is 2. The minimum atomic E-state index is 0.327. The molecule has 23 heavy (non-hydrogen) atoms. The topological polar surface area (TPSA) is 19.4 Å². The van der Waals surface area contributed by atoms with Crippen LogP contribution in [0.15, 0.2) is 49.1 Å². The highest BCUT2D eigenvalue weighted by molar-refractivity contribution is 6.13. The Kier molecular flexibility index (Phi) is 3.05. The largest absolute Gasteiger partial charge is 0.359 e. The third-order valence-corrected chi connectivity index (χ3v) is 4.99. The molecule has 3 nitrogen and oxygen atoms in total. The summed E-state index contributed by atoms with van der Waals surface area (Å²) in [6.45, 7) is 6.64. The van der Waals surface area contributed by atoms with E-state index in [0.29, 0.717) is 6.17 Å².